The van der Waals surface area contributed by atoms with Crippen molar-refractivity contribution in [3.63, 3.8) is 0 Å². The minimum absolute atomic E-state index is 0.780. The molecule has 1 nitrogen and oxygen atoms in total. The summed E-state index contributed by atoms with van der Waals surface area (Å²) in [5.41, 5.74) is 1.56. The van der Waals surface area contributed by atoms with Crippen molar-refractivity contribution < 1.29 is 4.74 Å². The van der Waals surface area contributed by atoms with Crippen molar-refractivity contribution in [2.75, 3.05) is 7.11 Å². The van der Waals surface area contributed by atoms with Gasteiger partial charge in [0.15, 0.2) is 0 Å². The van der Waals surface area contributed by atoms with Crippen LogP contribution in [-0.2, 0) is 0 Å². The molecule has 0 fully saturated rings. The van der Waals surface area contributed by atoms with E-state index in [1.807, 2.05) is 0 Å². The Morgan fingerprint density at radius 3 is 1.76 bits per heavy atom. The molecule has 0 aliphatic rings. The molecule has 0 aliphatic heterocycles. The third-order valence-corrected chi connectivity index (χ3v) is 23.1. The minimum atomic E-state index is -2.31. The van der Waals surface area contributed by atoms with E-state index in [1.165, 1.54) is 44.9 Å². The molecule has 0 bridgehead atoms. The van der Waals surface area contributed by atoms with Crippen molar-refractivity contribution in [2.24, 2.45) is 0 Å². The molecule has 1 aromatic carbocycles. The fourth-order valence-corrected chi connectivity index (χ4v) is 22.9. The number of ether oxygens (including phenoxy) is 1. The molecular formula is C23H40OSn. The molecule has 0 heterocycles. The van der Waals surface area contributed by atoms with E-state index in [9.17, 15) is 0 Å². The number of unbranched alkanes of at least 4 members (excludes halogenated alkanes) is 3. The van der Waals surface area contributed by atoms with E-state index in [-0.39, 0.29) is 0 Å². The molecule has 0 spiro atoms. The molecule has 0 saturated carbocycles. The van der Waals surface area contributed by atoms with Gasteiger partial charge in [-0.3, -0.25) is 0 Å². The third kappa shape index (κ3) is 7.00. The average molecular weight is 451 g/mol. The summed E-state index contributed by atoms with van der Waals surface area (Å²) in [6, 6.07) is 8.98. The van der Waals surface area contributed by atoms with Gasteiger partial charge in [-0.15, -0.1) is 0 Å². The summed E-state index contributed by atoms with van der Waals surface area (Å²) < 4.78 is 10.8. The van der Waals surface area contributed by atoms with Crippen molar-refractivity contribution in [1.82, 2.24) is 0 Å². The number of methoxy groups -OCH3 is 1. The van der Waals surface area contributed by atoms with Crippen LogP contribution in [0.5, 0.6) is 5.75 Å². The van der Waals surface area contributed by atoms with Crippen LogP contribution in [0.1, 0.15) is 75.2 Å². The Balaban J connectivity index is 3.24. The molecular weight excluding hydrogens is 411 g/mol. The summed E-state index contributed by atoms with van der Waals surface area (Å²) >= 11 is -2.31. The molecule has 2 heteroatoms. The summed E-state index contributed by atoms with van der Waals surface area (Å²) in [6.45, 7) is 11.2. The zero-order valence-corrected chi connectivity index (χ0v) is 20.0. The Bertz CT molecular complexity index is 444. The first-order valence-electron chi connectivity index (χ1n) is 10.4. The van der Waals surface area contributed by atoms with Crippen LogP contribution in [0.4, 0.5) is 0 Å². The van der Waals surface area contributed by atoms with Crippen molar-refractivity contribution in [1.29, 1.82) is 0 Å². The number of hydrogen-bond acceptors (Lipinski definition) is 1. The molecule has 0 aromatic heterocycles. The predicted molar refractivity (Wildman–Crippen MR) is 115 cm³/mol. The molecule has 0 N–H and O–H groups in total. The predicted octanol–water partition coefficient (Wildman–Crippen LogP) is 7.74. The van der Waals surface area contributed by atoms with Crippen molar-refractivity contribution >= 4 is 18.4 Å². The quantitative estimate of drug-likeness (QED) is 0.208. The van der Waals surface area contributed by atoms with E-state index >= 15 is 0 Å². The molecule has 0 saturated heterocycles. The zero-order chi connectivity index (χ0) is 18.5. The third-order valence-electron chi connectivity index (χ3n) is 5.74. The SMILES string of the molecule is C=CC[CH](c1ccc(OC)cc1)[Sn]([CH2]CCC)([CH2]CCC)[CH2]CCC. The van der Waals surface area contributed by atoms with E-state index in [0.29, 0.717) is 0 Å². The van der Waals surface area contributed by atoms with Crippen LogP contribution >= 0.6 is 0 Å². The van der Waals surface area contributed by atoms with Crippen LogP contribution in [0.3, 0.4) is 0 Å². The summed E-state index contributed by atoms with van der Waals surface area (Å²) in [7, 11) is 1.75. The molecule has 25 heavy (non-hydrogen) atoms. The molecule has 0 amide bonds. The second-order valence-electron chi connectivity index (χ2n) is 7.52. The Morgan fingerprint density at radius 2 is 1.40 bits per heavy atom. The first-order valence-corrected chi connectivity index (χ1v) is 18.1. The Morgan fingerprint density at radius 1 is 0.920 bits per heavy atom. The maximum absolute atomic E-state index is 5.39. The van der Waals surface area contributed by atoms with Crippen LogP contribution in [0.2, 0.25) is 13.3 Å². The molecule has 0 radical (unpaired) electrons. The average Bonchev–Trinajstić information content (AvgIpc) is 2.66. The molecule has 1 aromatic rings. The Labute approximate surface area is 161 Å². The monoisotopic (exact) mass is 452 g/mol. The Hall–Kier alpha value is -0.441. The van der Waals surface area contributed by atoms with Crippen LogP contribution in [-0.4, -0.2) is 25.5 Å². The molecule has 1 rings (SSSR count). The van der Waals surface area contributed by atoms with Crippen molar-refractivity contribution in [3.05, 3.63) is 42.5 Å². The van der Waals surface area contributed by atoms with Gasteiger partial charge in [0.2, 0.25) is 0 Å². The normalized spacial score (nSPS) is 12.8. The number of allylic oxidation sites excluding steroid dienone is 1. The van der Waals surface area contributed by atoms with Crippen molar-refractivity contribution in [3.8, 4) is 5.75 Å². The molecule has 142 valence electrons. The zero-order valence-electron chi connectivity index (χ0n) is 17.2. The van der Waals surface area contributed by atoms with Crippen molar-refractivity contribution in [2.45, 2.75) is 83.0 Å². The van der Waals surface area contributed by atoms with E-state index in [1.54, 1.807) is 26.0 Å². The Kier molecular flexibility index (Phi) is 11.6. The second-order valence-corrected chi connectivity index (χ2v) is 21.6. The number of hydrogen-bond donors (Lipinski definition) is 0. The van der Waals surface area contributed by atoms with Gasteiger partial charge >= 0.3 is 161 Å². The topological polar surface area (TPSA) is 9.23 Å². The van der Waals surface area contributed by atoms with Gasteiger partial charge in [0, 0.05) is 0 Å². The van der Waals surface area contributed by atoms with E-state index < -0.39 is 18.4 Å². The standard InChI is InChI=1S/C11H13O.3C4H9.Sn/c1-3-4-5-10-6-8-11(12-2)9-7-10;3*1-3-4-2;/h3,5-9H,1,4H2,2H3;3*1,3-4H2,2H3;. The van der Waals surface area contributed by atoms with E-state index in [2.05, 4.69) is 57.7 Å². The van der Waals surface area contributed by atoms with E-state index in [4.69, 9.17) is 4.74 Å². The molecule has 0 aliphatic carbocycles. The molecule has 1 atom stereocenters. The van der Waals surface area contributed by atoms with Gasteiger partial charge in [-0.2, -0.15) is 0 Å². The van der Waals surface area contributed by atoms with Gasteiger partial charge in [0.1, 0.15) is 0 Å². The van der Waals surface area contributed by atoms with Gasteiger partial charge in [-0.1, -0.05) is 0 Å². The van der Waals surface area contributed by atoms with Gasteiger partial charge in [-0.05, 0) is 0 Å². The summed E-state index contributed by atoms with van der Waals surface area (Å²) in [6.07, 6.45) is 11.6. The maximum atomic E-state index is 5.39. The summed E-state index contributed by atoms with van der Waals surface area (Å²) in [5, 5.41) is 0. The number of benzene rings is 1. The van der Waals surface area contributed by atoms with E-state index in [0.717, 1.165) is 9.68 Å². The van der Waals surface area contributed by atoms with Gasteiger partial charge in [0.05, 0.1) is 0 Å². The second kappa shape index (κ2) is 12.8. The summed E-state index contributed by atoms with van der Waals surface area (Å²) in [4.78, 5) is 0. The first-order chi connectivity index (χ1) is 12.2. The van der Waals surface area contributed by atoms with Gasteiger partial charge < -0.3 is 0 Å². The first kappa shape index (κ1) is 22.6. The van der Waals surface area contributed by atoms with Crippen LogP contribution in [0, 0.1) is 0 Å². The molecule has 1 unspecified atom stereocenters. The number of rotatable bonds is 14. The fraction of sp³-hybridized carbons (Fsp3) is 0.652. The summed E-state index contributed by atoms with van der Waals surface area (Å²) in [5.74, 6) is 0.970. The van der Waals surface area contributed by atoms with Crippen LogP contribution in [0.25, 0.3) is 0 Å². The van der Waals surface area contributed by atoms with Gasteiger partial charge in [-0.25, -0.2) is 0 Å². The van der Waals surface area contributed by atoms with Gasteiger partial charge in [0.25, 0.3) is 0 Å². The van der Waals surface area contributed by atoms with Crippen LogP contribution in [0.15, 0.2) is 36.9 Å². The fourth-order valence-electron chi connectivity index (χ4n) is 4.23. The van der Waals surface area contributed by atoms with Crippen LogP contribution < -0.4 is 4.74 Å².